The maximum Gasteiger partial charge on any atom is 0.257 e. The number of nitrogens with one attached hydrogen (secondary N) is 1. The van der Waals surface area contributed by atoms with E-state index < -0.39 is 5.91 Å². The molecule has 0 saturated carbocycles. The molecule has 2 amide bonds. The van der Waals surface area contributed by atoms with Gasteiger partial charge >= 0.3 is 0 Å². The molecule has 23 heavy (non-hydrogen) atoms. The van der Waals surface area contributed by atoms with Crippen molar-refractivity contribution in [3.8, 4) is 0 Å². The number of imide groups is 1. The number of benzene rings is 1. The minimum atomic E-state index is -0.394. The second-order valence-corrected chi connectivity index (χ2v) is 7.16. The number of carbonyl (C=O) groups is 2. The molecule has 0 radical (unpaired) electrons. The molecule has 0 atom stereocenters. The summed E-state index contributed by atoms with van der Waals surface area (Å²) in [7, 11) is 1.79. The smallest absolute Gasteiger partial charge is 0.257 e. The Morgan fingerprint density at radius 2 is 1.87 bits per heavy atom. The standard InChI is InChI=1S/C16H20N4O2S/c1-16(2,3)12-7-5-11(6-8-12)14(22)18-13(21)9-23-15-19-17-10-20(15)4/h5-8,10H,9H2,1-4H3,(H,18,21,22). The zero-order valence-corrected chi connectivity index (χ0v) is 14.5. The molecule has 0 unspecified atom stereocenters. The van der Waals surface area contributed by atoms with Crippen molar-refractivity contribution in [1.29, 1.82) is 0 Å². The van der Waals surface area contributed by atoms with Crippen LogP contribution in [0, 0.1) is 0 Å². The van der Waals surface area contributed by atoms with Crippen LogP contribution in [0.25, 0.3) is 0 Å². The van der Waals surface area contributed by atoms with Crippen molar-refractivity contribution in [3.63, 3.8) is 0 Å². The summed E-state index contributed by atoms with van der Waals surface area (Å²) in [5.41, 5.74) is 1.63. The van der Waals surface area contributed by atoms with E-state index in [4.69, 9.17) is 0 Å². The van der Waals surface area contributed by atoms with Crippen LogP contribution in [-0.2, 0) is 17.3 Å². The van der Waals surface area contributed by atoms with E-state index in [1.165, 1.54) is 11.8 Å². The molecule has 0 saturated heterocycles. The fourth-order valence-electron chi connectivity index (χ4n) is 1.89. The Morgan fingerprint density at radius 1 is 1.22 bits per heavy atom. The summed E-state index contributed by atoms with van der Waals surface area (Å²) in [4.78, 5) is 23.9. The Morgan fingerprint density at radius 3 is 2.39 bits per heavy atom. The summed E-state index contributed by atoms with van der Waals surface area (Å²) in [5, 5.41) is 10.6. The van der Waals surface area contributed by atoms with Gasteiger partial charge in [-0.3, -0.25) is 14.9 Å². The molecule has 1 aromatic carbocycles. The molecule has 1 aromatic heterocycles. The van der Waals surface area contributed by atoms with Crippen LogP contribution in [-0.4, -0.2) is 32.3 Å². The van der Waals surface area contributed by atoms with Crippen LogP contribution >= 0.6 is 11.8 Å². The highest BCUT2D eigenvalue weighted by atomic mass is 32.2. The number of aryl methyl sites for hydroxylation is 1. The van der Waals surface area contributed by atoms with Gasteiger partial charge in [0.05, 0.1) is 5.75 Å². The number of rotatable bonds is 4. The third-order valence-electron chi connectivity index (χ3n) is 3.27. The highest BCUT2D eigenvalue weighted by molar-refractivity contribution is 7.99. The van der Waals surface area contributed by atoms with Crippen molar-refractivity contribution in [1.82, 2.24) is 20.1 Å². The Hall–Kier alpha value is -2.15. The van der Waals surface area contributed by atoms with Gasteiger partial charge in [-0.05, 0) is 23.1 Å². The van der Waals surface area contributed by atoms with Gasteiger partial charge in [0.1, 0.15) is 6.33 Å². The molecule has 1 N–H and O–H groups in total. The second kappa shape index (κ2) is 6.95. The average Bonchev–Trinajstić information content (AvgIpc) is 2.89. The monoisotopic (exact) mass is 332 g/mol. The van der Waals surface area contributed by atoms with Crippen molar-refractivity contribution >= 4 is 23.6 Å². The quantitative estimate of drug-likeness (QED) is 0.868. The third kappa shape index (κ3) is 4.66. The van der Waals surface area contributed by atoms with Gasteiger partial charge in [-0.15, -0.1) is 10.2 Å². The molecule has 6 nitrogen and oxygen atoms in total. The van der Waals surface area contributed by atoms with Gasteiger partial charge in [-0.25, -0.2) is 0 Å². The number of thioether (sulfide) groups is 1. The van der Waals surface area contributed by atoms with E-state index in [-0.39, 0.29) is 17.1 Å². The van der Waals surface area contributed by atoms with Crippen LogP contribution in [0.2, 0.25) is 0 Å². The Balaban J connectivity index is 1.91. The van der Waals surface area contributed by atoms with E-state index in [0.717, 1.165) is 5.56 Å². The molecule has 0 aliphatic rings. The summed E-state index contributed by atoms with van der Waals surface area (Å²) in [6.45, 7) is 6.32. The van der Waals surface area contributed by atoms with Crippen LogP contribution in [0.4, 0.5) is 0 Å². The number of hydrogen-bond acceptors (Lipinski definition) is 5. The fourth-order valence-corrected chi connectivity index (χ4v) is 2.58. The maximum absolute atomic E-state index is 12.1. The molecule has 2 aromatic rings. The number of carbonyl (C=O) groups excluding carboxylic acids is 2. The highest BCUT2D eigenvalue weighted by Crippen LogP contribution is 2.22. The minimum Gasteiger partial charge on any atom is -0.312 e. The summed E-state index contributed by atoms with van der Waals surface area (Å²) in [6, 6.07) is 7.29. The van der Waals surface area contributed by atoms with Crippen molar-refractivity contribution in [2.45, 2.75) is 31.3 Å². The lowest BCUT2D eigenvalue weighted by molar-refractivity contribution is -0.117. The summed E-state index contributed by atoms with van der Waals surface area (Å²) in [5.74, 6) is -0.643. The van der Waals surface area contributed by atoms with Crippen LogP contribution in [0.15, 0.2) is 35.7 Å². The second-order valence-electron chi connectivity index (χ2n) is 6.22. The van der Waals surface area contributed by atoms with Gasteiger partial charge in [0.15, 0.2) is 5.16 Å². The van der Waals surface area contributed by atoms with E-state index in [0.29, 0.717) is 10.7 Å². The van der Waals surface area contributed by atoms with Crippen LogP contribution in [0.1, 0.15) is 36.7 Å². The summed E-state index contributed by atoms with van der Waals surface area (Å²) in [6.07, 6.45) is 1.56. The van der Waals surface area contributed by atoms with E-state index >= 15 is 0 Å². The molecule has 0 fully saturated rings. The molecular weight excluding hydrogens is 312 g/mol. The van der Waals surface area contributed by atoms with Gasteiger partial charge < -0.3 is 4.57 Å². The predicted molar refractivity (Wildman–Crippen MR) is 89.3 cm³/mol. The number of hydrogen-bond donors (Lipinski definition) is 1. The largest absolute Gasteiger partial charge is 0.312 e. The van der Waals surface area contributed by atoms with E-state index in [9.17, 15) is 9.59 Å². The molecule has 0 aliphatic carbocycles. The maximum atomic E-state index is 12.1. The lowest BCUT2D eigenvalue weighted by Gasteiger charge is -2.18. The number of aromatic nitrogens is 3. The Labute approximate surface area is 139 Å². The van der Waals surface area contributed by atoms with E-state index in [1.807, 2.05) is 12.1 Å². The molecular formula is C16H20N4O2S. The van der Waals surface area contributed by atoms with Crippen molar-refractivity contribution < 1.29 is 9.59 Å². The van der Waals surface area contributed by atoms with Gasteiger partial charge in [-0.2, -0.15) is 0 Å². The van der Waals surface area contributed by atoms with Gasteiger partial charge in [-0.1, -0.05) is 44.7 Å². The SMILES string of the molecule is Cn1cnnc1SCC(=O)NC(=O)c1ccc(C(C)(C)C)cc1. The summed E-state index contributed by atoms with van der Waals surface area (Å²) >= 11 is 1.23. The molecule has 0 bridgehead atoms. The van der Waals surface area contributed by atoms with Gasteiger partial charge in [0.2, 0.25) is 5.91 Å². The third-order valence-corrected chi connectivity index (χ3v) is 4.30. The first kappa shape index (κ1) is 17.2. The van der Waals surface area contributed by atoms with Crippen molar-refractivity contribution in [3.05, 3.63) is 41.7 Å². The minimum absolute atomic E-state index is 0.0254. The number of amides is 2. The first-order chi connectivity index (χ1) is 10.8. The average molecular weight is 332 g/mol. The molecule has 0 spiro atoms. The van der Waals surface area contributed by atoms with E-state index in [1.54, 1.807) is 30.1 Å². The Bertz CT molecular complexity index is 702. The highest BCUT2D eigenvalue weighted by Gasteiger charge is 2.15. The van der Waals surface area contributed by atoms with Crippen LogP contribution in [0.5, 0.6) is 0 Å². The summed E-state index contributed by atoms with van der Waals surface area (Å²) < 4.78 is 1.71. The van der Waals surface area contributed by atoms with Crippen molar-refractivity contribution in [2.24, 2.45) is 7.05 Å². The molecule has 2 rings (SSSR count). The lowest BCUT2D eigenvalue weighted by atomic mass is 9.87. The predicted octanol–water partition coefficient (Wildman–Crippen LogP) is 2.16. The zero-order valence-electron chi connectivity index (χ0n) is 13.7. The van der Waals surface area contributed by atoms with Gasteiger partial charge in [0, 0.05) is 12.6 Å². The topological polar surface area (TPSA) is 76.9 Å². The molecule has 122 valence electrons. The number of nitrogens with zero attached hydrogens (tertiary/aromatic N) is 3. The fraction of sp³-hybridized carbons (Fsp3) is 0.375. The van der Waals surface area contributed by atoms with Crippen LogP contribution in [0.3, 0.4) is 0 Å². The molecule has 0 aliphatic heterocycles. The van der Waals surface area contributed by atoms with E-state index in [2.05, 4.69) is 36.3 Å². The molecule has 1 heterocycles. The van der Waals surface area contributed by atoms with Crippen LogP contribution < -0.4 is 5.32 Å². The first-order valence-corrected chi connectivity index (χ1v) is 8.17. The Kier molecular flexibility index (Phi) is 5.20. The normalized spacial score (nSPS) is 11.3. The lowest BCUT2D eigenvalue weighted by Crippen LogP contribution is -2.32. The zero-order chi connectivity index (χ0) is 17.0. The first-order valence-electron chi connectivity index (χ1n) is 7.19. The van der Waals surface area contributed by atoms with Gasteiger partial charge in [0.25, 0.3) is 5.91 Å². The van der Waals surface area contributed by atoms with Crippen molar-refractivity contribution in [2.75, 3.05) is 5.75 Å². The molecule has 7 heteroatoms.